The van der Waals surface area contributed by atoms with Gasteiger partial charge in [0.1, 0.15) is 12.2 Å². The third kappa shape index (κ3) is 49.1. The lowest BCUT2D eigenvalue weighted by molar-refractivity contribution is -0.154. The van der Waals surface area contributed by atoms with Crippen molar-refractivity contribution in [2.24, 2.45) is 0 Å². The maximum Gasteiger partial charge on any atom is 0.472 e. The zero-order chi connectivity index (χ0) is 46.7. The van der Waals surface area contributed by atoms with E-state index >= 15 is 0 Å². The quantitative estimate of drug-likeness (QED) is 0.0236. The summed E-state index contributed by atoms with van der Waals surface area (Å²) in [6, 6.07) is 0. The van der Waals surface area contributed by atoms with Gasteiger partial charge in [0.2, 0.25) is 0 Å². The number of carbonyl (C=O) groups excluding carboxylic acids is 1. The maximum atomic E-state index is 12.7. The molecule has 0 aliphatic rings. The van der Waals surface area contributed by atoms with E-state index in [2.05, 4.69) is 98.9 Å². The maximum absolute atomic E-state index is 12.7. The summed E-state index contributed by atoms with van der Waals surface area (Å²) in [5, 5.41) is 18.4. The van der Waals surface area contributed by atoms with Crippen LogP contribution in [-0.4, -0.2) is 66.3 Å². The minimum absolute atomic E-state index is 0.0309. The third-order valence-electron chi connectivity index (χ3n) is 10.6. The summed E-state index contributed by atoms with van der Waals surface area (Å²) < 4.78 is 33.5. The molecule has 3 unspecified atom stereocenters. The molecule has 0 amide bonds. The Morgan fingerprint density at radius 2 is 0.891 bits per heavy atom. The van der Waals surface area contributed by atoms with E-state index in [-0.39, 0.29) is 13.0 Å². The first-order valence-corrected chi connectivity index (χ1v) is 27.1. The SMILES string of the molecule is CC/C=C\C/C=C\C/C=C\C/C=C\C/C=C\C/C=C\CCCCCCCOCC(COP(=O)(O)OCC(O)CO)OC(=O)CCCCCCCCCCC/C=C\CCCCCCCC. The van der Waals surface area contributed by atoms with Crippen LogP contribution in [0.25, 0.3) is 0 Å². The Bertz CT molecular complexity index is 1270. The third-order valence-corrected chi connectivity index (χ3v) is 11.5. The van der Waals surface area contributed by atoms with Crippen molar-refractivity contribution in [3.05, 3.63) is 85.1 Å². The highest BCUT2D eigenvalue weighted by molar-refractivity contribution is 7.47. The molecule has 0 aromatic heterocycles. The average molecular weight is 919 g/mol. The van der Waals surface area contributed by atoms with Gasteiger partial charge in [0.15, 0.2) is 0 Å². The van der Waals surface area contributed by atoms with Crippen molar-refractivity contribution < 1.29 is 43.0 Å². The first kappa shape index (κ1) is 61.6. The molecule has 9 nitrogen and oxygen atoms in total. The molecule has 64 heavy (non-hydrogen) atoms. The summed E-state index contributed by atoms with van der Waals surface area (Å²) in [5.41, 5.74) is 0. The van der Waals surface area contributed by atoms with Gasteiger partial charge in [0.05, 0.1) is 26.4 Å². The number of hydrogen-bond acceptors (Lipinski definition) is 8. The van der Waals surface area contributed by atoms with Gasteiger partial charge in [-0.1, -0.05) is 195 Å². The van der Waals surface area contributed by atoms with Crippen molar-refractivity contribution in [3.8, 4) is 0 Å². The fourth-order valence-corrected chi connectivity index (χ4v) is 7.50. The van der Waals surface area contributed by atoms with Crippen molar-refractivity contribution in [1.82, 2.24) is 0 Å². The molecule has 0 bridgehead atoms. The van der Waals surface area contributed by atoms with Crippen LogP contribution in [0.5, 0.6) is 0 Å². The number of unbranched alkanes of at least 4 members (excludes halogenated alkanes) is 20. The number of esters is 1. The Balaban J connectivity index is 4.15. The number of aliphatic hydroxyl groups excluding tert-OH is 2. The number of phosphoric ester groups is 1. The molecule has 370 valence electrons. The number of carbonyl (C=O) groups is 1. The van der Waals surface area contributed by atoms with Crippen LogP contribution in [0, 0.1) is 0 Å². The molecule has 0 fully saturated rings. The molecule has 3 N–H and O–H groups in total. The highest BCUT2D eigenvalue weighted by atomic mass is 31.2. The minimum Gasteiger partial charge on any atom is -0.457 e. The van der Waals surface area contributed by atoms with Crippen LogP contribution in [0.4, 0.5) is 0 Å². The molecule has 0 heterocycles. The van der Waals surface area contributed by atoms with E-state index in [0.717, 1.165) is 103 Å². The lowest BCUT2D eigenvalue weighted by Crippen LogP contribution is -2.29. The smallest absolute Gasteiger partial charge is 0.457 e. The van der Waals surface area contributed by atoms with E-state index in [1.54, 1.807) is 0 Å². The molecule has 0 radical (unpaired) electrons. The molecule has 0 saturated heterocycles. The van der Waals surface area contributed by atoms with Crippen LogP contribution in [0.3, 0.4) is 0 Å². The standard InChI is InChI=1S/C54H95O9P/c1-3-5-7-9-11-13-15-17-19-21-23-24-25-26-27-29-31-33-35-37-39-41-43-45-47-60-50-53(51-62-64(58,59)61-49-52(56)48-55)63-54(57)46-44-42-40-38-36-34-32-30-28-22-20-18-16-14-12-10-8-6-4-2/h5,7,11,13,17-20,23-24,26-27,31,33,52-53,55-56H,3-4,6,8-10,12,14-16,21-22,25,28-30,32,34-51H2,1-2H3,(H,58,59)/b7-5-,13-11-,19-17-,20-18-,24-23-,27-26-,33-31-. The fraction of sp³-hybridized carbons (Fsp3) is 0.722. The second kappa shape index (κ2) is 50.1. The molecule has 0 aliphatic heterocycles. The Labute approximate surface area is 392 Å². The molecule has 0 spiro atoms. The molecule has 0 rings (SSSR count). The van der Waals surface area contributed by atoms with Crippen molar-refractivity contribution in [3.63, 3.8) is 0 Å². The van der Waals surface area contributed by atoms with E-state index in [9.17, 15) is 19.4 Å². The fourth-order valence-electron chi connectivity index (χ4n) is 6.71. The number of rotatable bonds is 48. The number of ether oxygens (including phenoxy) is 2. The van der Waals surface area contributed by atoms with Gasteiger partial charge in [-0.05, 0) is 89.9 Å². The second-order valence-electron chi connectivity index (χ2n) is 16.8. The molecular formula is C54H95O9P. The average Bonchev–Trinajstić information content (AvgIpc) is 3.29. The summed E-state index contributed by atoms with van der Waals surface area (Å²) in [6.07, 6.45) is 62.6. The van der Waals surface area contributed by atoms with Gasteiger partial charge in [-0.15, -0.1) is 0 Å². The Kier molecular flexibility index (Phi) is 48.2. The van der Waals surface area contributed by atoms with Gasteiger partial charge in [-0.3, -0.25) is 13.8 Å². The molecular weight excluding hydrogens is 824 g/mol. The first-order chi connectivity index (χ1) is 31.3. The van der Waals surface area contributed by atoms with E-state index in [1.807, 2.05) is 0 Å². The number of phosphoric acid groups is 1. The van der Waals surface area contributed by atoms with Crippen LogP contribution in [0.15, 0.2) is 85.1 Å². The van der Waals surface area contributed by atoms with E-state index in [0.29, 0.717) is 6.61 Å². The Morgan fingerprint density at radius 3 is 1.36 bits per heavy atom. The highest BCUT2D eigenvalue weighted by Crippen LogP contribution is 2.43. The lowest BCUT2D eigenvalue weighted by atomic mass is 10.1. The molecule has 0 aliphatic carbocycles. The molecule has 0 aromatic rings. The van der Waals surface area contributed by atoms with Gasteiger partial charge in [-0.2, -0.15) is 0 Å². The Morgan fingerprint density at radius 1 is 0.500 bits per heavy atom. The van der Waals surface area contributed by atoms with E-state index in [4.69, 9.17) is 23.6 Å². The predicted octanol–water partition coefficient (Wildman–Crippen LogP) is 15.0. The zero-order valence-electron chi connectivity index (χ0n) is 40.7. The minimum atomic E-state index is -4.54. The van der Waals surface area contributed by atoms with Crippen LogP contribution in [0.1, 0.15) is 206 Å². The molecule has 0 aromatic carbocycles. The highest BCUT2D eigenvalue weighted by Gasteiger charge is 2.26. The van der Waals surface area contributed by atoms with E-state index in [1.165, 1.54) is 83.5 Å². The first-order valence-electron chi connectivity index (χ1n) is 25.6. The van der Waals surface area contributed by atoms with Crippen LogP contribution in [-0.2, 0) is 27.9 Å². The summed E-state index contributed by atoms with van der Waals surface area (Å²) in [7, 11) is -4.54. The van der Waals surface area contributed by atoms with Crippen molar-refractivity contribution in [2.75, 3.05) is 33.0 Å². The number of allylic oxidation sites excluding steroid dienone is 14. The van der Waals surface area contributed by atoms with Crippen molar-refractivity contribution >= 4 is 13.8 Å². The lowest BCUT2D eigenvalue weighted by Gasteiger charge is -2.20. The van der Waals surface area contributed by atoms with Gasteiger partial charge >= 0.3 is 13.8 Å². The summed E-state index contributed by atoms with van der Waals surface area (Å²) >= 11 is 0. The zero-order valence-corrected chi connectivity index (χ0v) is 41.6. The van der Waals surface area contributed by atoms with Gasteiger partial charge < -0.3 is 24.6 Å². The largest absolute Gasteiger partial charge is 0.472 e. The topological polar surface area (TPSA) is 132 Å². The number of aliphatic hydroxyl groups is 2. The van der Waals surface area contributed by atoms with Crippen LogP contribution in [0.2, 0.25) is 0 Å². The van der Waals surface area contributed by atoms with Crippen molar-refractivity contribution in [2.45, 2.75) is 219 Å². The van der Waals surface area contributed by atoms with Crippen molar-refractivity contribution in [1.29, 1.82) is 0 Å². The van der Waals surface area contributed by atoms with Crippen LogP contribution >= 0.6 is 7.82 Å². The Hall–Kier alpha value is -2.36. The van der Waals surface area contributed by atoms with Gasteiger partial charge in [-0.25, -0.2) is 4.57 Å². The monoisotopic (exact) mass is 919 g/mol. The summed E-state index contributed by atoms with van der Waals surface area (Å²) in [6.45, 7) is 3.35. The number of hydrogen-bond donors (Lipinski definition) is 3. The predicted molar refractivity (Wildman–Crippen MR) is 269 cm³/mol. The van der Waals surface area contributed by atoms with Gasteiger partial charge in [0.25, 0.3) is 0 Å². The summed E-state index contributed by atoms with van der Waals surface area (Å²) in [5.74, 6) is -0.394. The molecule has 0 saturated carbocycles. The second-order valence-corrected chi connectivity index (χ2v) is 18.3. The molecule has 10 heteroatoms. The molecule has 3 atom stereocenters. The van der Waals surface area contributed by atoms with Gasteiger partial charge in [0, 0.05) is 13.0 Å². The normalized spacial score (nSPS) is 14.5. The van der Waals surface area contributed by atoms with Crippen LogP contribution < -0.4 is 0 Å². The van der Waals surface area contributed by atoms with E-state index < -0.39 is 45.8 Å². The summed E-state index contributed by atoms with van der Waals surface area (Å²) in [4.78, 5) is 22.7.